The third-order valence-corrected chi connectivity index (χ3v) is 2.40. The van der Waals surface area contributed by atoms with Crippen molar-refractivity contribution in [1.82, 2.24) is 6.15 Å². The first kappa shape index (κ1) is 17.6. The summed E-state index contributed by atoms with van der Waals surface area (Å²) in [4.78, 5) is 0. The van der Waals surface area contributed by atoms with E-state index in [0.29, 0.717) is 0 Å². The molecule has 0 atom stereocenters. The summed E-state index contributed by atoms with van der Waals surface area (Å²) >= 11 is 0. The molecule has 0 aliphatic heterocycles. The molecule has 1 nitrogen and oxygen atoms in total. The molecule has 0 aliphatic carbocycles. The third-order valence-electron chi connectivity index (χ3n) is 2.40. The maximum atomic E-state index is 3.66. The van der Waals surface area contributed by atoms with E-state index in [1.807, 2.05) is 31.2 Å². The lowest BCUT2D eigenvalue weighted by Crippen LogP contribution is -1.73. The van der Waals surface area contributed by atoms with Gasteiger partial charge in [0.2, 0.25) is 0 Å². The largest absolute Gasteiger partial charge is 0.344 e. The van der Waals surface area contributed by atoms with Crippen molar-refractivity contribution >= 4 is 0 Å². The summed E-state index contributed by atoms with van der Waals surface area (Å²) in [6, 6.07) is 20.8. The van der Waals surface area contributed by atoms with E-state index in [1.165, 1.54) is 11.1 Å². The number of allylic oxidation sites excluding steroid dienone is 4. The minimum Gasteiger partial charge on any atom is -0.344 e. The van der Waals surface area contributed by atoms with Crippen molar-refractivity contribution in [3.05, 3.63) is 97.6 Å². The molecular formula is C19H23N. The normalized spacial score (nSPS) is 9.05. The van der Waals surface area contributed by atoms with Gasteiger partial charge in [-0.2, -0.15) is 0 Å². The molecule has 0 aromatic heterocycles. The first-order chi connectivity index (χ1) is 9.24. The Labute approximate surface area is 122 Å². The van der Waals surface area contributed by atoms with Crippen LogP contribution in [0.3, 0.4) is 0 Å². The van der Waals surface area contributed by atoms with Gasteiger partial charge in [0.1, 0.15) is 0 Å². The summed E-state index contributed by atoms with van der Waals surface area (Å²) in [5, 5.41) is 0. The number of rotatable bonds is 3. The van der Waals surface area contributed by atoms with Gasteiger partial charge in [0.25, 0.3) is 0 Å². The van der Waals surface area contributed by atoms with Gasteiger partial charge in [-0.25, -0.2) is 0 Å². The molecule has 1 heteroatoms. The van der Waals surface area contributed by atoms with Crippen molar-refractivity contribution < 1.29 is 0 Å². The van der Waals surface area contributed by atoms with Gasteiger partial charge in [0.05, 0.1) is 0 Å². The number of hydrogen-bond acceptors (Lipinski definition) is 1. The van der Waals surface area contributed by atoms with E-state index < -0.39 is 0 Å². The van der Waals surface area contributed by atoms with Gasteiger partial charge in [-0.1, -0.05) is 97.6 Å². The first-order valence-corrected chi connectivity index (χ1v) is 6.29. The zero-order valence-electron chi connectivity index (χ0n) is 12.1. The zero-order chi connectivity index (χ0) is 13.9. The maximum absolute atomic E-state index is 3.66. The average Bonchev–Trinajstić information content (AvgIpc) is 2.47. The molecule has 0 amide bonds. The lowest BCUT2D eigenvalue weighted by molar-refractivity contribution is 1.56. The van der Waals surface area contributed by atoms with E-state index in [0.717, 1.165) is 5.57 Å². The summed E-state index contributed by atoms with van der Waals surface area (Å²) in [6.07, 6.45) is 5.50. The Kier molecular flexibility index (Phi) is 9.28. The Morgan fingerprint density at radius 1 is 0.850 bits per heavy atom. The summed E-state index contributed by atoms with van der Waals surface area (Å²) in [5.74, 6) is 0. The Balaban J connectivity index is 0.000000396. The Morgan fingerprint density at radius 2 is 1.25 bits per heavy atom. The van der Waals surface area contributed by atoms with Crippen molar-refractivity contribution in [1.29, 1.82) is 0 Å². The van der Waals surface area contributed by atoms with Gasteiger partial charge in [-0.05, 0) is 18.1 Å². The first-order valence-electron chi connectivity index (χ1n) is 6.29. The van der Waals surface area contributed by atoms with Crippen LogP contribution in [0.1, 0.15) is 6.92 Å². The van der Waals surface area contributed by atoms with Crippen molar-refractivity contribution in [2.45, 2.75) is 6.92 Å². The predicted molar refractivity (Wildman–Crippen MR) is 91.1 cm³/mol. The van der Waals surface area contributed by atoms with E-state index in [1.54, 1.807) is 6.08 Å². The van der Waals surface area contributed by atoms with Crippen LogP contribution in [0.4, 0.5) is 0 Å². The van der Waals surface area contributed by atoms with Gasteiger partial charge in [0.15, 0.2) is 0 Å². The number of hydrogen-bond donors (Lipinski definition) is 1. The number of benzene rings is 2. The van der Waals surface area contributed by atoms with Crippen molar-refractivity contribution in [2.24, 2.45) is 0 Å². The monoisotopic (exact) mass is 265 g/mol. The summed E-state index contributed by atoms with van der Waals surface area (Å²) in [7, 11) is 0. The molecule has 2 rings (SSSR count). The van der Waals surface area contributed by atoms with Crippen molar-refractivity contribution in [3.63, 3.8) is 0 Å². The molecule has 0 spiro atoms. The van der Waals surface area contributed by atoms with Gasteiger partial charge in [0, 0.05) is 0 Å². The summed E-state index contributed by atoms with van der Waals surface area (Å²) < 4.78 is 0. The SMILES string of the molecule is C=C/C=C\C(=C)C.N.c1ccc(-c2ccccc2)cc1. The molecule has 0 heterocycles. The molecule has 20 heavy (non-hydrogen) atoms. The minimum atomic E-state index is 0. The molecule has 0 saturated heterocycles. The van der Waals surface area contributed by atoms with E-state index in [-0.39, 0.29) is 6.15 Å². The molecule has 2 aromatic rings. The van der Waals surface area contributed by atoms with E-state index in [2.05, 4.69) is 61.7 Å². The van der Waals surface area contributed by atoms with Crippen molar-refractivity contribution in [2.75, 3.05) is 0 Å². The van der Waals surface area contributed by atoms with Crippen LogP contribution in [0.2, 0.25) is 0 Å². The average molecular weight is 265 g/mol. The molecule has 0 saturated carbocycles. The second-order valence-electron chi connectivity index (χ2n) is 4.17. The molecule has 3 N–H and O–H groups in total. The highest BCUT2D eigenvalue weighted by molar-refractivity contribution is 5.62. The topological polar surface area (TPSA) is 35.0 Å². The second kappa shape index (κ2) is 10.5. The van der Waals surface area contributed by atoms with Gasteiger partial charge < -0.3 is 6.15 Å². The fourth-order valence-corrected chi connectivity index (χ4v) is 1.49. The zero-order valence-corrected chi connectivity index (χ0v) is 12.1. The van der Waals surface area contributed by atoms with E-state index in [4.69, 9.17) is 0 Å². The Bertz CT molecular complexity index is 487. The fraction of sp³-hybridized carbons (Fsp3) is 0.0526. The van der Waals surface area contributed by atoms with Gasteiger partial charge in [-0.3, -0.25) is 0 Å². The quantitative estimate of drug-likeness (QED) is 0.697. The van der Waals surface area contributed by atoms with Crippen LogP contribution < -0.4 is 6.15 Å². The Morgan fingerprint density at radius 3 is 1.50 bits per heavy atom. The van der Waals surface area contributed by atoms with Crippen molar-refractivity contribution in [3.8, 4) is 11.1 Å². The smallest absolute Gasteiger partial charge is 0.0184 e. The fourth-order valence-electron chi connectivity index (χ4n) is 1.49. The van der Waals surface area contributed by atoms with E-state index >= 15 is 0 Å². The highest BCUT2D eigenvalue weighted by atomic mass is 14.0. The molecule has 104 valence electrons. The van der Waals surface area contributed by atoms with Crippen LogP contribution in [-0.2, 0) is 0 Å². The molecule has 2 aromatic carbocycles. The molecule has 0 aliphatic rings. The van der Waals surface area contributed by atoms with Crippen LogP contribution in [0.25, 0.3) is 11.1 Å². The van der Waals surface area contributed by atoms with E-state index in [9.17, 15) is 0 Å². The molecule has 0 fully saturated rings. The predicted octanol–water partition coefficient (Wildman–Crippen LogP) is 5.82. The summed E-state index contributed by atoms with van der Waals surface area (Å²) in [6.45, 7) is 9.11. The highest BCUT2D eigenvalue weighted by Gasteiger charge is 1.91. The lowest BCUT2D eigenvalue weighted by atomic mass is 10.1. The van der Waals surface area contributed by atoms with Crippen LogP contribution in [-0.4, -0.2) is 0 Å². The second-order valence-corrected chi connectivity index (χ2v) is 4.17. The Hall–Kier alpha value is -2.38. The third kappa shape index (κ3) is 7.14. The standard InChI is InChI=1S/C12H10.C7H10.H3N/c1-3-7-11(8-4-1)12-9-5-2-6-10-12;1-4-5-6-7(2)3;/h1-10H;4-6H,1-2H2,3H3;1H3/b;6-5-;. The van der Waals surface area contributed by atoms with Crippen LogP contribution in [0.15, 0.2) is 97.6 Å². The lowest BCUT2D eigenvalue weighted by Gasteiger charge is -1.98. The summed E-state index contributed by atoms with van der Waals surface area (Å²) in [5.41, 5.74) is 3.61. The van der Waals surface area contributed by atoms with Crippen LogP contribution in [0.5, 0.6) is 0 Å². The minimum absolute atomic E-state index is 0. The molecule has 0 bridgehead atoms. The molecule has 0 unspecified atom stereocenters. The molecule has 0 radical (unpaired) electrons. The van der Waals surface area contributed by atoms with Gasteiger partial charge >= 0.3 is 0 Å². The highest BCUT2D eigenvalue weighted by Crippen LogP contribution is 2.17. The van der Waals surface area contributed by atoms with Crippen LogP contribution in [0, 0.1) is 0 Å². The van der Waals surface area contributed by atoms with Crippen LogP contribution >= 0.6 is 0 Å². The van der Waals surface area contributed by atoms with Gasteiger partial charge in [-0.15, -0.1) is 0 Å². The maximum Gasteiger partial charge on any atom is -0.0184 e. The molecular weight excluding hydrogens is 242 g/mol.